The number of esters is 1. The predicted molar refractivity (Wildman–Crippen MR) is 114 cm³/mol. The summed E-state index contributed by atoms with van der Waals surface area (Å²) in [6.07, 6.45) is 1.60. The summed E-state index contributed by atoms with van der Waals surface area (Å²) in [5.74, 6) is 0.272. The highest BCUT2D eigenvalue weighted by Crippen LogP contribution is 2.24. The minimum atomic E-state index is -0.484. The van der Waals surface area contributed by atoms with Crippen molar-refractivity contribution in [3.8, 4) is 0 Å². The van der Waals surface area contributed by atoms with E-state index < -0.39 is 11.6 Å². The van der Waals surface area contributed by atoms with Gasteiger partial charge in [-0.15, -0.1) is 0 Å². The van der Waals surface area contributed by atoms with Gasteiger partial charge >= 0.3 is 11.6 Å². The standard InChI is InChI=1S/C24H21NO5/c1-15-9-10-19-17(12-22(26)30-23(19)16(15)2)14-29-24(27)20-7-3-4-8-21(20)25-13-18-6-5-11-28-18/h3-12,25H,13-14H2,1-2H3. The van der Waals surface area contributed by atoms with E-state index in [0.717, 1.165) is 22.3 Å². The zero-order chi connectivity index (χ0) is 21.1. The molecule has 0 spiro atoms. The van der Waals surface area contributed by atoms with Crippen LogP contribution in [0.25, 0.3) is 11.0 Å². The zero-order valence-corrected chi connectivity index (χ0v) is 16.7. The van der Waals surface area contributed by atoms with Crippen LogP contribution >= 0.6 is 0 Å². The first kappa shape index (κ1) is 19.5. The number of hydrogen-bond donors (Lipinski definition) is 1. The first-order chi connectivity index (χ1) is 14.5. The Morgan fingerprint density at radius 2 is 1.90 bits per heavy atom. The van der Waals surface area contributed by atoms with Crippen LogP contribution in [0.1, 0.15) is 32.8 Å². The highest BCUT2D eigenvalue weighted by atomic mass is 16.5. The van der Waals surface area contributed by atoms with Crippen molar-refractivity contribution in [2.45, 2.75) is 27.0 Å². The highest BCUT2D eigenvalue weighted by molar-refractivity contribution is 5.95. The Morgan fingerprint density at radius 3 is 2.70 bits per heavy atom. The maximum Gasteiger partial charge on any atom is 0.340 e. The number of para-hydroxylation sites is 1. The number of ether oxygens (including phenoxy) is 1. The van der Waals surface area contributed by atoms with Gasteiger partial charge in [-0.2, -0.15) is 0 Å². The van der Waals surface area contributed by atoms with Crippen LogP contribution in [0, 0.1) is 13.8 Å². The van der Waals surface area contributed by atoms with E-state index in [1.807, 2.05) is 38.1 Å². The van der Waals surface area contributed by atoms with Crippen LogP contribution in [-0.4, -0.2) is 5.97 Å². The van der Waals surface area contributed by atoms with E-state index in [1.165, 1.54) is 6.07 Å². The molecule has 2 aromatic heterocycles. The molecule has 0 aliphatic rings. The quantitative estimate of drug-likeness (QED) is 0.361. The van der Waals surface area contributed by atoms with E-state index in [1.54, 1.807) is 30.5 Å². The van der Waals surface area contributed by atoms with Crippen LogP contribution in [0.3, 0.4) is 0 Å². The number of hydrogen-bond acceptors (Lipinski definition) is 6. The van der Waals surface area contributed by atoms with Crippen molar-refractivity contribution in [3.05, 3.63) is 99.3 Å². The Labute approximate surface area is 173 Å². The van der Waals surface area contributed by atoms with Crippen molar-refractivity contribution in [1.82, 2.24) is 0 Å². The van der Waals surface area contributed by atoms with Gasteiger partial charge in [0.15, 0.2) is 0 Å². The summed E-state index contributed by atoms with van der Waals surface area (Å²) in [5.41, 5.74) is 3.63. The third-order valence-corrected chi connectivity index (χ3v) is 5.06. The molecule has 0 fully saturated rings. The smallest absolute Gasteiger partial charge is 0.340 e. The molecule has 0 atom stereocenters. The lowest BCUT2D eigenvalue weighted by Gasteiger charge is -2.12. The van der Waals surface area contributed by atoms with Gasteiger partial charge in [-0.25, -0.2) is 9.59 Å². The van der Waals surface area contributed by atoms with Crippen molar-refractivity contribution < 1.29 is 18.4 Å². The molecule has 0 aliphatic heterocycles. The highest BCUT2D eigenvalue weighted by Gasteiger charge is 2.15. The van der Waals surface area contributed by atoms with Gasteiger partial charge in [-0.1, -0.05) is 24.3 Å². The number of carbonyl (C=O) groups excluding carboxylic acids is 1. The Kier molecular flexibility index (Phi) is 5.39. The van der Waals surface area contributed by atoms with E-state index in [0.29, 0.717) is 28.9 Å². The van der Waals surface area contributed by atoms with Crippen molar-refractivity contribution in [2.24, 2.45) is 0 Å². The number of fused-ring (bicyclic) bond motifs is 1. The second kappa shape index (κ2) is 8.29. The van der Waals surface area contributed by atoms with Crippen LogP contribution < -0.4 is 10.9 Å². The lowest BCUT2D eigenvalue weighted by atomic mass is 10.0. The van der Waals surface area contributed by atoms with Crippen LogP contribution in [0.4, 0.5) is 5.69 Å². The SMILES string of the molecule is Cc1ccc2c(COC(=O)c3ccccc3NCc3ccco3)cc(=O)oc2c1C. The summed E-state index contributed by atoms with van der Waals surface area (Å²) in [6, 6.07) is 16.0. The molecule has 0 radical (unpaired) electrons. The summed E-state index contributed by atoms with van der Waals surface area (Å²) < 4.78 is 16.2. The van der Waals surface area contributed by atoms with Gasteiger partial charge in [0.25, 0.3) is 0 Å². The van der Waals surface area contributed by atoms with Gasteiger partial charge in [0.1, 0.15) is 18.0 Å². The normalized spacial score (nSPS) is 10.9. The van der Waals surface area contributed by atoms with E-state index in [2.05, 4.69) is 5.32 Å². The number of nitrogens with one attached hydrogen (secondary N) is 1. The first-order valence-electron chi connectivity index (χ1n) is 9.58. The molecule has 0 unspecified atom stereocenters. The van der Waals surface area contributed by atoms with Gasteiger partial charge in [-0.3, -0.25) is 0 Å². The van der Waals surface area contributed by atoms with Crippen LogP contribution in [0.2, 0.25) is 0 Å². The molecule has 0 bridgehead atoms. The topological polar surface area (TPSA) is 81.7 Å². The average molecular weight is 403 g/mol. The van der Waals surface area contributed by atoms with Crippen molar-refractivity contribution in [3.63, 3.8) is 0 Å². The monoisotopic (exact) mass is 403 g/mol. The van der Waals surface area contributed by atoms with Gasteiger partial charge in [0, 0.05) is 22.7 Å². The maximum atomic E-state index is 12.8. The minimum absolute atomic E-state index is 0.0318. The Balaban J connectivity index is 1.55. The molecule has 0 saturated heterocycles. The first-order valence-corrected chi connectivity index (χ1v) is 9.58. The Hall–Kier alpha value is -3.80. The van der Waals surface area contributed by atoms with Crippen molar-refractivity contribution in [1.29, 1.82) is 0 Å². The van der Waals surface area contributed by atoms with Crippen molar-refractivity contribution >= 4 is 22.6 Å². The molecule has 6 nitrogen and oxygen atoms in total. The molecule has 0 saturated carbocycles. The van der Waals surface area contributed by atoms with Gasteiger partial charge < -0.3 is 18.9 Å². The van der Waals surface area contributed by atoms with Gasteiger partial charge in [0.2, 0.25) is 0 Å². The van der Waals surface area contributed by atoms with Crippen LogP contribution in [-0.2, 0) is 17.9 Å². The van der Waals surface area contributed by atoms with Crippen LogP contribution in [0.15, 0.2) is 74.5 Å². The van der Waals surface area contributed by atoms with Gasteiger partial charge in [0.05, 0.1) is 18.4 Å². The molecule has 4 aromatic rings. The zero-order valence-electron chi connectivity index (χ0n) is 16.7. The summed E-state index contributed by atoms with van der Waals surface area (Å²) in [5, 5.41) is 3.95. The molecular weight excluding hydrogens is 382 g/mol. The second-order valence-electron chi connectivity index (χ2n) is 7.03. The molecule has 6 heteroatoms. The molecular formula is C24H21NO5. The molecule has 2 heterocycles. The van der Waals surface area contributed by atoms with Crippen LogP contribution in [0.5, 0.6) is 0 Å². The molecule has 2 aromatic carbocycles. The van der Waals surface area contributed by atoms with Gasteiger partial charge in [-0.05, 0) is 49.2 Å². The fourth-order valence-corrected chi connectivity index (χ4v) is 3.28. The lowest BCUT2D eigenvalue weighted by Crippen LogP contribution is -2.11. The molecule has 30 heavy (non-hydrogen) atoms. The summed E-state index contributed by atoms with van der Waals surface area (Å²) in [6.45, 7) is 4.27. The molecule has 0 amide bonds. The third kappa shape index (κ3) is 3.98. The summed E-state index contributed by atoms with van der Waals surface area (Å²) >= 11 is 0. The Bertz CT molecular complexity index is 1250. The molecule has 1 N–H and O–H groups in total. The predicted octanol–water partition coefficient (Wildman–Crippen LogP) is 4.97. The lowest BCUT2D eigenvalue weighted by molar-refractivity contribution is 0.0475. The number of anilines is 1. The molecule has 152 valence electrons. The molecule has 0 aliphatic carbocycles. The summed E-state index contributed by atoms with van der Waals surface area (Å²) in [7, 11) is 0. The van der Waals surface area contributed by atoms with Crippen molar-refractivity contribution in [2.75, 3.05) is 5.32 Å². The largest absolute Gasteiger partial charge is 0.467 e. The van der Waals surface area contributed by atoms with E-state index >= 15 is 0 Å². The number of carbonyl (C=O) groups is 1. The van der Waals surface area contributed by atoms with E-state index in [-0.39, 0.29) is 6.61 Å². The average Bonchev–Trinajstić information content (AvgIpc) is 3.27. The summed E-state index contributed by atoms with van der Waals surface area (Å²) in [4.78, 5) is 24.8. The minimum Gasteiger partial charge on any atom is -0.467 e. The van der Waals surface area contributed by atoms with E-state index in [4.69, 9.17) is 13.6 Å². The fraction of sp³-hybridized carbons (Fsp3) is 0.167. The maximum absolute atomic E-state index is 12.8. The second-order valence-corrected chi connectivity index (χ2v) is 7.03. The fourth-order valence-electron chi connectivity index (χ4n) is 3.28. The number of aryl methyl sites for hydroxylation is 2. The number of rotatable bonds is 6. The third-order valence-electron chi connectivity index (χ3n) is 5.06. The van der Waals surface area contributed by atoms with E-state index in [9.17, 15) is 9.59 Å². The number of benzene rings is 2. The number of furan rings is 1. The Morgan fingerprint density at radius 1 is 1.07 bits per heavy atom. The molecule has 4 rings (SSSR count).